The number of carbonyl (C=O) groups is 2. The van der Waals surface area contributed by atoms with E-state index in [4.69, 9.17) is 10.4 Å². The number of nitrogens with zero attached hydrogens (tertiary/aromatic N) is 1. The summed E-state index contributed by atoms with van der Waals surface area (Å²) in [5.41, 5.74) is 1.17. The van der Waals surface area contributed by atoms with E-state index < -0.39 is 18.5 Å². The smallest absolute Gasteiger partial charge is 0.341 e. The second-order valence-corrected chi connectivity index (χ2v) is 3.10. The van der Waals surface area contributed by atoms with E-state index in [0.29, 0.717) is 11.3 Å². The Labute approximate surface area is 97.4 Å². The summed E-state index contributed by atoms with van der Waals surface area (Å²) < 4.78 is 4.42. The van der Waals surface area contributed by atoms with Crippen molar-refractivity contribution in [2.75, 3.05) is 18.5 Å². The van der Waals surface area contributed by atoms with Gasteiger partial charge in [-0.25, -0.2) is 4.79 Å². The molecule has 17 heavy (non-hydrogen) atoms. The molecule has 0 fully saturated rings. The molecule has 0 unspecified atom stereocenters. The number of aliphatic carboxylic acids is 1. The van der Waals surface area contributed by atoms with Crippen LogP contribution >= 0.6 is 0 Å². The van der Waals surface area contributed by atoms with E-state index in [0.717, 1.165) is 0 Å². The minimum atomic E-state index is -1.20. The quantitative estimate of drug-likeness (QED) is 0.723. The number of nitrogens with one attached hydrogen (secondary N) is 1. The molecule has 6 nitrogen and oxygen atoms in total. The number of benzene rings is 1. The van der Waals surface area contributed by atoms with Gasteiger partial charge in [-0.05, 0) is 24.3 Å². The van der Waals surface area contributed by atoms with Crippen LogP contribution in [0.25, 0.3) is 0 Å². The first kappa shape index (κ1) is 12.5. The first-order valence-electron chi connectivity index (χ1n) is 4.73. The molecule has 0 saturated carbocycles. The second-order valence-electron chi connectivity index (χ2n) is 3.10. The van der Waals surface area contributed by atoms with Crippen LogP contribution in [-0.4, -0.2) is 30.2 Å². The number of carboxylic acids is 1. The predicted molar refractivity (Wildman–Crippen MR) is 58.2 cm³/mol. The van der Waals surface area contributed by atoms with Gasteiger partial charge in [-0.15, -0.1) is 0 Å². The molecular formula is C11H10N2O4. The van der Waals surface area contributed by atoms with Crippen LogP contribution in [0.3, 0.4) is 0 Å². The lowest BCUT2D eigenvalue weighted by molar-refractivity contribution is -0.153. The molecule has 6 heteroatoms. The number of hydrogen-bond acceptors (Lipinski definition) is 5. The van der Waals surface area contributed by atoms with Gasteiger partial charge in [0.25, 0.3) is 0 Å². The van der Waals surface area contributed by atoms with Crippen molar-refractivity contribution in [3.05, 3.63) is 29.8 Å². The zero-order chi connectivity index (χ0) is 12.7. The van der Waals surface area contributed by atoms with Gasteiger partial charge in [0.2, 0.25) is 0 Å². The Hall–Kier alpha value is -2.55. The molecule has 0 amide bonds. The fourth-order valence-electron chi connectivity index (χ4n) is 1.03. The standard InChI is InChI=1S/C11H10N2O4/c12-5-8-1-3-9(4-2-8)13-6-11(16)17-7-10(14)15/h1-4,13H,6-7H2,(H,14,15). The van der Waals surface area contributed by atoms with E-state index in [2.05, 4.69) is 10.1 Å². The van der Waals surface area contributed by atoms with Crippen molar-refractivity contribution in [2.24, 2.45) is 0 Å². The summed E-state index contributed by atoms with van der Waals surface area (Å²) >= 11 is 0. The highest BCUT2D eigenvalue weighted by Gasteiger charge is 2.05. The minimum Gasteiger partial charge on any atom is -0.479 e. The number of carbonyl (C=O) groups excluding carboxylic acids is 1. The summed E-state index contributed by atoms with van der Waals surface area (Å²) in [6.07, 6.45) is 0. The van der Waals surface area contributed by atoms with Crippen LogP contribution in [0.4, 0.5) is 5.69 Å². The SMILES string of the molecule is N#Cc1ccc(NCC(=O)OCC(=O)O)cc1. The highest BCUT2D eigenvalue weighted by atomic mass is 16.5. The Balaban J connectivity index is 2.37. The van der Waals surface area contributed by atoms with Gasteiger partial charge in [0.05, 0.1) is 11.6 Å². The van der Waals surface area contributed by atoms with E-state index in [1.807, 2.05) is 6.07 Å². The number of carboxylic acid groups (broad SMARTS) is 1. The third kappa shape index (κ3) is 4.66. The fraction of sp³-hybridized carbons (Fsp3) is 0.182. The maximum atomic E-state index is 11.0. The molecule has 0 aromatic heterocycles. The van der Waals surface area contributed by atoms with E-state index in [9.17, 15) is 9.59 Å². The zero-order valence-electron chi connectivity index (χ0n) is 8.84. The number of ether oxygens (including phenoxy) is 1. The Kier molecular flexibility index (Phi) is 4.51. The number of hydrogen-bond donors (Lipinski definition) is 2. The number of nitriles is 1. The first-order chi connectivity index (χ1) is 8.11. The number of esters is 1. The molecule has 88 valence electrons. The van der Waals surface area contributed by atoms with Gasteiger partial charge >= 0.3 is 11.9 Å². The molecule has 0 atom stereocenters. The molecule has 0 aliphatic rings. The van der Waals surface area contributed by atoms with Crippen molar-refractivity contribution in [1.29, 1.82) is 5.26 Å². The van der Waals surface area contributed by atoms with Crippen molar-refractivity contribution in [3.8, 4) is 6.07 Å². The second kappa shape index (κ2) is 6.12. The van der Waals surface area contributed by atoms with Crippen LogP contribution in [0.5, 0.6) is 0 Å². The molecule has 0 aliphatic carbocycles. The maximum absolute atomic E-state index is 11.0. The molecular weight excluding hydrogens is 224 g/mol. The Morgan fingerprint density at radius 2 is 2.00 bits per heavy atom. The highest BCUT2D eigenvalue weighted by molar-refractivity contribution is 5.78. The van der Waals surface area contributed by atoms with Crippen molar-refractivity contribution < 1.29 is 19.4 Å². The summed E-state index contributed by atoms with van der Waals surface area (Å²) in [4.78, 5) is 21.2. The van der Waals surface area contributed by atoms with Crippen LogP contribution in [0.15, 0.2) is 24.3 Å². The van der Waals surface area contributed by atoms with Gasteiger partial charge in [0, 0.05) is 5.69 Å². The summed E-state index contributed by atoms with van der Waals surface area (Å²) in [6, 6.07) is 8.46. The summed E-state index contributed by atoms with van der Waals surface area (Å²) in [7, 11) is 0. The van der Waals surface area contributed by atoms with Gasteiger partial charge in [0.15, 0.2) is 6.61 Å². The summed E-state index contributed by atoms with van der Waals surface area (Å²) in [5.74, 6) is -1.85. The lowest BCUT2D eigenvalue weighted by atomic mass is 10.2. The average molecular weight is 234 g/mol. The molecule has 2 N–H and O–H groups in total. The Morgan fingerprint density at radius 1 is 1.35 bits per heavy atom. The van der Waals surface area contributed by atoms with Crippen LogP contribution in [0.2, 0.25) is 0 Å². The normalized spacial score (nSPS) is 9.12. The molecule has 0 saturated heterocycles. The third-order valence-electron chi connectivity index (χ3n) is 1.81. The molecule has 1 aromatic rings. The molecule has 0 spiro atoms. The molecule has 1 rings (SSSR count). The minimum absolute atomic E-state index is 0.126. The van der Waals surface area contributed by atoms with Crippen LogP contribution in [0.1, 0.15) is 5.56 Å². The van der Waals surface area contributed by atoms with Crippen LogP contribution in [0, 0.1) is 11.3 Å². The van der Waals surface area contributed by atoms with Gasteiger partial charge < -0.3 is 15.2 Å². The van der Waals surface area contributed by atoms with Crippen molar-refractivity contribution in [3.63, 3.8) is 0 Å². The third-order valence-corrected chi connectivity index (χ3v) is 1.81. The van der Waals surface area contributed by atoms with E-state index in [1.165, 1.54) is 0 Å². The van der Waals surface area contributed by atoms with Gasteiger partial charge in [-0.2, -0.15) is 5.26 Å². The van der Waals surface area contributed by atoms with Crippen LogP contribution in [-0.2, 0) is 14.3 Å². The number of anilines is 1. The zero-order valence-corrected chi connectivity index (χ0v) is 8.84. The lowest BCUT2D eigenvalue weighted by Crippen LogP contribution is -2.20. The first-order valence-corrected chi connectivity index (χ1v) is 4.73. The van der Waals surface area contributed by atoms with Gasteiger partial charge in [0.1, 0.15) is 6.54 Å². The predicted octanol–water partition coefficient (Wildman–Crippen LogP) is 0.598. The van der Waals surface area contributed by atoms with Gasteiger partial charge in [-0.3, -0.25) is 4.79 Å². The maximum Gasteiger partial charge on any atom is 0.341 e. The average Bonchev–Trinajstić information content (AvgIpc) is 2.34. The Morgan fingerprint density at radius 3 is 2.53 bits per heavy atom. The largest absolute Gasteiger partial charge is 0.479 e. The summed E-state index contributed by atoms with van der Waals surface area (Å²) in [6.45, 7) is -0.771. The molecule has 0 bridgehead atoms. The van der Waals surface area contributed by atoms with Crippen LogP contribution < -0.4 is 5.32 Å². The van der Waals surface area contributed by atoms with Crippen molar-refractivity contribution in [2.45, 2.75) is 0 Å². The summed E-state index contributed by atoms with van der Waals surface area (Å²) in [5, 5.41) is 19.6. The lowest BCUT2D eigenvalue weighted by Gasteiger charge is -2.05. The van der Waals surface area contributed by atoms with Gasteiger partial charge in [-0.1, -0.05) is 0 Å². The van der Waals surface area contributed by atoms with Crippen molar-refractivity contribution in [1.82, 2.24) is 0 Å². The van der Waals surface area contributed by atoms with E-state index in [-0.39, 0.29) is 6.54 Å². The molecule has 1 aromatic carbocycles. The molecule has 0 aliphatic heterocycles. The Bertz CT molecular complexity index is 448. The van der Waals surface area contributed by atoms with Crippen molar-refractivity contribution >= 4 is 17.6 Å². The van der Waals surface area contributed by atoms with E-state index in [1.54, 1.807) is 24.3 Å². The molecule has 0 radical (unpaired) electrons. The monoisotopic (exact) mass is 234 g/mol. The highest BCUT2D eigenvalue weighted by Crippen LogP contribution is 2.08. The number of rotatable bonds is 5. The fourth-order valence-corrected chi connectivity index (χ4v) is 1.03. The topological polar surface area (TPSA) is 99.4 Å². The molecule has 0 heterocycles. The van der Waals surface area contributed by atoms with E-state index >= 15 is 0 Å².